The van der Waals surface area contributed by atoms with Crippen molar-refractivity contribution >= 4 is 11.8 Å². The van der Waals surface area contributed by atoms with Crippen molar-refractivity contribution in [1.29, 1.82) is 0 Å². The Balaban J connectivity index is 1.72. The molecule has 3 aliphatic carbocycles. The molecule has 0 aromatic carbocycles. The van der Waals surface area contributed by atoms with Crippen molar-refractivity contribution in [2.24, 2.45) is 28.6 Å². The van der Waals surface area contributed by atoms with Gasteiger partial charge in [-0.1, -0.05) is 51.2 Å². The molecule has 0 saturated heterocycles. The van der Waals surface area contributed by atoms with Crippen molar-refractivity contribution < 1.29 is 24.5 Å². The average molecular weight is 499 g/mol. The number of rotatable bonds is 8. The predicted octanol–water partition coefficient (Wildman–Crippen LogP) is 5.87. The molecule has 0 aromatic rings. The molecule has 36 heavy (non-hydrogen) atoms. The van der Waals surface area contributed by atoms with Gasteiger partial charge >= 0.3 is 5.97 Å². The lowest BCUT2D eigenvalue weighted by molar-refractivity contribution is -0.157. The lowest BCUT2D eigenvalue weighted by atomic mass is 9.61. The maximum Gasteiger partial charge on any atom is 0.319 e. The van der Waals surface area contributed by atoms with Gasteiger partial charge in [-0.2, -0.15) is 0 Å². The van der Waals surface area contributed by atoms with Gasteiger partial charge in [-0.3, -0.25) is 9.59 Å². The van der Waals surface area contributed by atoms with E-state index in [1.165, 1.54) is 12.0 Å². The van der Waals surface area contributed by atoms with Gasteiger partial charge in [-0.15, -0.1) is 0 Å². The van der Waals surface area contributed by atoms with Crippen LogP contribution in [0.25, 0.3) is 0 Å². The Morgan fingerprint density at radius 3 is 2.67 bits per heavy atom. The summed E-state index contributed by atoms with van der Waals surface area (Å²) in [6, 6.07) is 0. The van der Waals surface area contributed by atoms with E-state index in [1.807, 2.05) is 13.0 Å². The number of ether oxygens (including phenoxy) is 1. The van der Waals surface area contributed by atoms with Gasteiger partial charge in [0.2, 0.25) is 0 Å². The van der Waals surface area contributed by atoms with Crippen LogP contribution >= 0.6 is 0 Å². The van der Waals surface area contributed by atoms with Gasteiger partial charge in [-0.05, 0) is 99.2 Å². The number of aliphatic hydroxyl groups excluding tert-OH is 2. The second-order valence-electron chi connectivity index (χ2n) is 12.0. The minimum Gasteiger partial charge on any atom is -0.465 e. The molecule has 0 amide bonds. The van der Waals surface area contributed by atoms with E-state index in [1.54, 1.807) is 19.9 Å². The van der Waals surface area contributed by atoms with Crippen molar-refractivity contribution in [3.63, 3.8) is 0 Å². The number of fused-ring (bicyclic) bond motifs is 1. The molecule has 0 unspecified atom stereocenters. The number of hydrogen-bond donors (Lipinski definition) is 2. The fraction of sp³-hybridized carbons (Fsp3) is 0.677. The van der Waals surface area contributed by atoms with E-state index in [2.05, 4.69) is 32.6 Å². The third-order valence-electron chi connectivity index (χ3n) is 9.05. The monoisotopic (exact) mass is 498 g/mol. The molecule has 5 nitrogen and oxygen atoms in total. The molecule has 3 fully saturated rings. The molecule has 6 atom stereocenters. The molecule has 0 spiro atoms. The smallest absolute Gasteiger partial charge is 0.319 e. The Labute approximate surface area is 217 Å². The van der Waals surface area contributed by atoms with E-state index in [4.69, 9.17) is 4.74 Å². The quantitative estimate of drug-likeness (QED) is 0.248. The Bertz CT molecular complexity index is 939. The highest BCUT2D eigenvalue weighted by Gasteiger charge is 2.50. The van der Waals surface area contributed by atoms with E-state index >= 15 is 0 Å². The number of allylic oxidation sites excluding steroid dienone is 5. The van der Waals surface area contributed by atoms with Crippen LogP contribution in [0.4, 0.5) is 0 Å². The van der Waals surface area contributed by atoms with Crippen LogP contribution in [0.2, 0.25) is 0 Å². The second-order valence-corrected chi connectivity index (χ2v) is 12.0. The SMILES string of the molecule is C=C1C(=CC=C2CCC[C@]3(C)[C@@H]([C@H](C)C=CC(=O)C(C)(C)C(=O)OCCC)CC[C@@H]23)C[C@@H](O)C[C@@H]1O. The largest absolute Gasteiger partial charge is 0.465 e. The third-order valence-corrected chi connectivity index (χ3v) is 9.05. The van der Waals surface area contributed by atoms with Gasteiger partial charge < -0.3 is 14.9 Å². The second kappa shape index (κ2) is 11.6. The van der Waals surface area contributed by atoms with E-state index in [9.17, 15) is 19.8 Å². The molecule has 0 aliphatic heterocycles. The lowest BCUT2D eigenvalue weighted by Gasteiger charge is -2.44. The first-order valence-corrected chi connectivity index (χ1v) is 13.8. The first-order valence-electron chi connectivity index (χ1n) is 13.8. The van der Waals surface area contributed by atoms with E-state index in [0.29, 0.717) is 31.3 Å². The summed E-state index contributed by atoms with van der Waals surface area (Å²) in [5.74, 6) is 0.519. The van der Waals surface area contributed by atoms with Crippen molar-refractivity contribution in [3.05, 3.63) is 47.6 Å². The number of hydrogen-bond acceptors (Lipinski definition) is 5. The van der Waals surface area contributed by atoms with E-state index in [0.717, 1.165) is 43.3 Å². The van der Waals surface area contributed by atoms with E-state index < -0.39 is 23.6 Å². The summed E-state index contributed by atoms with van der Waals surface area (Å²) in [5.41, 5.74) is 2.11. The van der Waals surface area contributed by atoms with Crippen LogP contribution in [0.1, 0.15) is 86.0 Å². The Kier molecular flexibility index (Phi) is 9.21. The summed E-state index contributed by atoms with van der Waals surface area (Å²) >= 11 is 0. The summed E-state index contributed by atoms with van der Waals surface area (Å²) in [5, 5.41) is 20.3. The maximum absolute atomic E-state index is 12.9. The van der Waals surface area contributed by atoms with Gasteiger partial charge in [0.15, 0.2) is 5.78 Å². The summed E-state index contributed by atoms with van der Waals surface area (Å²) in [4.78, 5) is 25.2. The minimum atomic E-state index is -1.17. The number of carbonyl (C=O) groups excluding carboxylic acids is 2. The van der Waals surface area contributed by atoms with Gasteiger partial charge in [0.25, 0.3) is 0 Å². The van der Waals surface area contributed by atoms with Crippen LogP contribution in [0.15, 0.2) is 47.6 Å². The molecule has 5 heteroatoms. The molecule has 3 aliphatic rings. The molecule has 0 aromatic heterocycles. The fourth-order valence-corrected chi connectivity index (χ4v) is 6.67. The predicted molar refractivity (Wildman–Crippen MR) is 143 cm³/mol. The number of esters is 1. The Morgan fingerprint density at radius 2 is 1.97 bits per heavy atom. The molecule has 0 radical (unpaired) electrons. The molecule has 3 rings (SSSR count). The first kappa shape index (κ1) is 28.6. The summed E-state index contributed by atoms with van der Waals surface area (Å²) in [6.45, 7) is 14.2. The Morgan fingerprint density at radius 1 is 1.25 bits per heavy atom. The third kappa shape index (κ3) is 5.94. The standard InChI is InChI=1S/C31H46O5/c1-7-17-36-29(35)30(4,5)28(34)15-10-20(2)25-13-14-26-22(9-8-16-31(25,26)6)11-12-23-18-24(32)19-27(33)21(23)3/h10-12,15,20,24-27,32-33H,3,7-9,13-14,16-19H2,1-2,4-6H3/t20-,24-,25-,26+,27+,31-/m1/s1. The highest BCUT2D eigenvalue weighted by molar-refractivity contribution is 6.08. The van der Waals surface area contributed by atoms with Crippen molar-refractivity contribution in [2.45, 2.75) is 98.2 Å². The van der Waals surface area contributed by atoms with Gasteiger partial charge in [0.05, 0.1) is 18.8 Å². The van der Waals surface area contributed by atoms with Crippen LogP contribution in [0.5, 0.6) is 0 Å². The van der Waals surface area contributed by atoms with Crippen molar-refractivity contribution in [2.75, 3.05) is 6.61 Å². The number of aliphatic hydroxyl groups is 2. The summed E-state index contributed by atoms with van der Waals surface area (Å²) in [6.07, 6.45) is 14.0. The Hall–Kier alpha value is -1.98. The summed E-state index contributed by atoms with van der Waals surface area (Å²) in [7, 11) is 0. The van der Waals surface area contributed by atoms with Crippen LogP contribution in [-0.2, 0) is 14.3 Å². The zero-order valence-corrected chi connectivity index (χ0v) is 22.9. The number of ketones is 1. The van der Waals surface area contributed by atoms with Gasteiger partial charge in [0, 0.05) is 6.42 Å². The molecule has 0 bridgehead atoms. The van der Waals surface area contributed by atoms with Gasteiger partial charge in [0.1, 0.15) is 5.41 Å². The lowest BCUT2D eigenvalue weighted by Crippen LogP contribution is -2.36. The number of carbonyl (C=O) groups is 2. The normalized spacial score (nSPS) is 34.2. The highest BCUT2D eigenvalue weighted by atomic mass is 16.5. The van der Waals surface area contributed by atoms with Crippen molar-refractivity contribution in [3.8, 4) is 0 Å². The highest BCUT2D eigenvalue weighted by Crippen LogP contribution is 2.59. The first-order chi connectivity index (χ1) is 16.9. The van der Waals surface area contributed by atoms with Crippen LogP contribution in [-0.4, -0.2) is 40.8 Å². The summed E-state index contributed by atoms with van der Waals surface area (Å²) < 4.78 is 5.23. The zero-order chi connectivity index (χ0) is 26.7. The van der Waals surface area contributed by atoms with Crippen LogP contribution in [0, 0.1) is 28.6 Å². The molecular weight excluding hydrogens is 452 g/mol. The molecule has 200 valence electrons. The molecule has 2 N–H and O–H groups in total. The van der Waals surface area contributed by atoms with Crippen LogP contribution in [0.3, 0.4) is 0 Å². The van der Waals surface area contributed by atoms with Crippen molar-refractivity contribution in [1.82, 2.24) is 0 Å². The molecular formula is C31H46O5. The van der Waals surface area contributed by atoms with E-state index in [-0.39, 0.29) is 17.1 Å². The fourth-order valence-electron chi connectivity index (χ4n) is 6.67. The average Bonchev–Trinajstić information content (AvgIpc) is 3.19. The van der Waals surface area contributed by atoms with Gasteiger partial charge in [-0.25, -0.2) is 0 Å². The zero-order valence-electron chi connectivity index (χ0n) is 22.9. The molecule has 3 saturated carbocycles. The minimum absolute atomic E-state index is 0.160. The molecule has 0 heterocycles. The van der Waals surface area contributed by atoms with Crippen LogP contribution < -0.4 is 0 Å². The topological polar surface area (TPSA) is 83.8 Å². The maximum atomic E-state index is 12.9.